The number of β-amino-alcohol motifs (C(OH)–C–C–N with tert-alkyl or cyclic N) is 1. The summed E-state index contributed by atoms with van der Waals surface area (Å²) in [6, 6.07) is 20.1. The molecule has 1 aliphatic rings. The van der Waals surface area contributed by atoms with E-state index in [9.17, 15) is 15.0 Å². The first-order valence-electron chi connectivity index (χ1n) is 15.0. The number of ether oxygens (including phenoxy) is 2. The second-order valence-electron chi connectivity index (χ2n) is 12.3. The average Bonchev–Trinajstić information content (AvgIpc) is 3.36. The lowest BCUT2D eigenvalue weighted by Crippen LogP contribution is -2.42. The number of rotatable bonds is 11. The summed E-state index contributed by atoms with van der Waals surface area (Å²) >= 11 is 0. The Kier molecular flexibility index (Phi) is 11.0. The minimum absolute atomic E-state index is 0.0306. The van der Waals surface area contributed by atoms with E-state index in [1.54, 1.807) is 0 Å². The molecule has 9 heteroatoms. The molecule has 0 aliphatic carbocycles. The van der Waals surface area contributed by atoms with Crippen molar-refractivity contribution in [1.82, 2.24) is 15.6 Å². The highest BCUT2D eigenvalue weighted by Gasteiger charge is 2.19. The molecule has 5 rings (SSSR count). The number of carbonyl (C=O) groups is 1. The number of para-hydroxylation sites is 1. The Morgan fingerprint density at radius 2 is 1.49 bits per heavy atom. The van der Waals surface area contributed by atoms with Gasteiger partial charge in [0.05, 0.1) is 5.52 Å². The Morgan fingerprint density at radius 1 is 0.837 bits per heavy atom. The van der Waals surface area contributed by atoms with Gasteiger partial charge in [0.2, 0.25) is 5.91 Å². The van der Waals surface area contributed by atoms with Crippen LogP contribution in [0.15, 0.2) is 60.7 Å². The number of hydrogen-bond acceptors (Lipinski definition) is 7. The molecule has 0 spiro atoms. The summed E-state index contributed by atoms with van der Waals surface area (Å²) in [5, 5.41) is 31.5. The van der Waals surface area contributed by atoms with E-state index < -0.39 is 12.2 Å². The SMILES string of the molecule is CC(C)(C)NCC(O)COc1cccc2c1CCC(=O)N2.CC(C)NCC(O)COc1cccc2[nH]c3ccccc3c12. The summed E-state index contributed by atoms with van der Waals surface area (Å²) in [5.41, 5.74) is 3.93. The van der Waals surface area contributed by atoms with Crippen molar-refractivity contribution in [3.05, 3.63) is 66.2 Å². The third kappa shape index (κ3) is 9.43. The van der Waals surface area contributed by atoms with Gasteiger partial charge in [-0.15, -0.1) is 0 Å². The molecule has 2 atom stereocenters. The summed E-state index contributed by atoms with van der Waals surface area (Å²) in [6.45, 7) is 11.8. The van der Waals surface area contributed by atoms with Crippen LogP contribution in [0.25, 0.3) is 21.8 Å². The van der Waals surface area contributed by atoms with Gasteiger partial charge < -0.3 is 40.6 Å². The number of hydrogen-bond donors (Lipinski definition) is 6. The summed E-state index contributed by atoms with van der Waals surface area (Å²) in [4.78, 5) is 14.8. The fraction of sp³-hybridized carbons (Fsp3) is 0.441. The molecule has 2 unspecified atom stereocenters. The Balaban J connectivity index is 0.000000197. The van der Waals surface area contributed by atoms with Gasteiger partial charge in [-0.25, -0.2) is 0 Å². The molecule has 3 aromatic carbocycles. The Hall–Kier alpha value is -3.63. The molecule has 1 aliphatic heterocycles. The van der Waals surface area contributed by atoms with Gasteiger partial charge in [-0.3, -0.25) is 4.79 Å². The van der Waals surface area contributed by atoms with Gasteiger partial charge in [-0.2, -0.15) is 0 Å². The second-order valence-corrected chi connectivity index (χ2v) is 12.3. The standard InChI is InChI=1S/C18H22N2O2.C16H24N2O3/c1-12(2)19-10-13(21)11-22-17-9-5-8-16-18(17)14-6-3-4-7-15(14)20-16;1-16(2,3)17-9-11(19)10-21-14-6-4-5-13-12(14)7-8-15(20)18-13/h3-9,12-13,19-21H,10-11H2,1-2H3;4-6,11,17,19H,7-10H2,1-3H3,(H,18,20). The van der Waals surface area contributed by atoms with Gasteiger partial charge in [0.1, 0.15) is 36.9 Å². The monoisotopic (exact) mass is 590 g/mol. The van der Waals surface area contributed by atoms with Crippen LogP contribution in [0.3, 0.4) is 0 Å². The number of amides is 1. The lowest BCUT2D eigenvalue weighted by molar-refractivity contribution is -0.116. The van der Waals surface area contributed by atoms with E-state index in [-0.39, 0.29) is 24.7 Å². The van der Waals surface area contributed by atoms with Gasteiger partial charge in [0.25, 0.3) is 0 Å². The molecular weight excluding hydrogens is 544 g/mol. The number of aliphatic hydroxyl groups is 2. The number of aliphatic hydroxyl groups excluding tert-OH is 2. The molecule has 2 heterocycles. The zero-order chi connectivity index (χ0) is 31.0. The van der Waals surface area contributed by atoms with Crippen LogP contribution in [-0.4, -0.2) is 71.2 Å². The van der Waals surface area contributed by atoms with Crippen molar-refractivity contribution < 1.29 is 24.5 Å². The zero-order valence-corrected chi connectivity index (χ0v) is 25.9. The van der Waals surface area contributed by atoms with E-state index in [0.29, 0.717) is 32.0 Å². The molecule has 0 fully saturated rings. The number of carbonyl (C=O) groups excluding carboxylic acids is 1. The fourth-order valence-corrected chi connectivity index (χ4v) is 4.80. The van der Waals surface area contributed by atoms with Crippen molar-refractivity contribution in [3.8, 4) is 11.5 Å². The van der Waals surface area contributed by atoms with Crippen molar-refractivity contribution in [1.29, 1.82) is 0 Å². The van der Waals surface area contributed by atoms with Gasteiger partial charge in [-0.1, -0.05) is 44.2 Å². The smallest absolute Gasteiger partial charge is 0.224 e. The molecule has 0 bridgehead atoms. The summed E-state index contributed by atoms with van der Waals surface area (Å²) in [5.74, 6) is 1.58. The fourth-order valence-electron chi connectivity index (χ4n) is 4.80. The first-order valence-corrected chi connectivity index (χ1v) is 15.0. The maximum absolute atomic E-state index is 11.4. The first-order chi connectivity index (χ1) is 20.5. The highest BCUT2D eigenvalue weighted by atomic mass is 16.5. The summed E-state index contributed by atoms with van der Waals surface area (Å²) in [7, 11) is 0. The number of anilines is 1. The van der Waals surface area contributed by atoms with E-state index in [4.69, 9.17) is 9.47 Å². The lowest BCUT2D eigenvalue weighted by Gasteiger charge is -2.24. The van der Waals surface area contributed by atoms with Gasteiger partial charge in [0, 0.05) is 58.6 Å². The van der Waals surface area contributed by atoms with Crippen LogP contribution < -0.4 is 25.4 Å². The molecule has 1 amide bonds. The van der Waals surface area contributed by atoms with Crippen molar-refractivity contribution in [2.45, 2.75) is 71.2 Å². The van der Waals surface area contributed by atoms with Gasteiger partial charge >= 0.3 is 0 Å². The highest BCUT2D eigenvalue weighted by molar-refractivity contribution is 6.10. The first kappa shape index (κ1) is 32.3. The summed E-state index contributed by atoms with van der Waals surface area (Å²) in [6.07, 6.45) is 0.0518. The maximum Gasteiger partial charge on any atom is 0.224 e. The quantitative estimate of drug-likeness (QED) is 0.149. The number of aromatic amines is 1. The molecule has 232 valence electrons. The molecule has 0 saturated heterocycles. The Labute approximate surface area is 254 Å². The minimum atomic E-state index is -0.571. The van der Waals surface area contributed by atoms with Crippen molar-refractivity contribution in [2.75, 3.05) is 31.6 Å². The van der Waals surface area contributed by atoms with E-state index >= 15 is 0 Å². The molecule has 9 nitrogen and oxygen atoms in total. The van der Waals surface area contributed by atoms with Crippen molar-refractivity contribution in [3.63, 3.8) is 0 Å². The van der Waals surface area contributed by atoms with Crippen LogP contribution in [0.2, 0.25) is 0 Å². The molecule has 0 radical (unpaired) electrons. The van der Waals surface area contributed by atoms with Crippen LogP contribution in [0, 0.1) is 0 Å². The third-order valence-corrected chi connectivity index (χ3v) is 6.99. The summed E-state index contributed by atoms with van der Waals surface area (Å²) < 4.78 is 11.6. The molecule has 0 saturated carbocycles. The number of nitrogens with one attached hydrogen (secondary N) is 4. The highest BCUT2D eigenvalue weighted by Crippen LogP contribution is 2.33. The molecular formula is C34H46N4O5. The number of aromatic nitrogens is 1. The van der Waals surface area contributed by atoms with E-state index in [0.717, 1.165) is 44.6 Å². The van der Waals surface area contributed by atoms with Crippen LogP contribution in [0.4, 0.5) is 5.69 Å². The second kappa shape index (κ2) is 14.7. The Morgan fingerprint density at radius 3 is 2.23 bits per heavy atom. The molecule has 4 aromatic rings. The van der Waals surface area contributed by atoms with Crippen LogP contribution in [-0.2, 0) is 11.2 Å². The van der Waals surface area contributed by atoms with E-state index in [2.05, 4.69) is 67.7 Å². The Bertz CT molecular complexity index is 1490. The van der Waals surface area contributed by atoms with Crippen LogP contribution in [0.1, 0.15) is 46.6 Å². The number of benzene rings is 3. The van der Waals surface area contributed by atoms with Gasteiger partial charge in [-0.05, 0) is 57.5 Å². The van der Waals surface area contributed by atoms with E-state index in [1.807, 2.05) is 48.5 Å². The minimum Gasteiger partial charge on any atom is -0.490 e. The normalized spacial score (nSPS) is 14.6. The van der Waals surface area contributed by atoms with Crippen LogP contribution >= 0.6 is 0 Å². The largest absolute Gasteiger partial charge is 0.490 e. The van der Waals surface area contributed by atoms with E-state index in [1.165, 1.54) is 0 Å². The van der Waals surface area contributed by atoms with Gasteiger partial charge in [0.15, 0.2) is 0 Å². The topological polar surface area (TPSA) is 128 Å². The van der Waals surface area contributed by atoms with Crippen LogP contribution in [0.5, 0.6) is 11.5 Å². The molecule has 43 heavy (non-hydrogen) atoms. The average molecular weight is 591 g/mol. The lowest BCUT2D eigenvalue weighted by atomic mass is 10.0. The molecule has 1 aromatic heterocycles. The number of fused-ring (bicyclic) bond motifs is 4. The van der Waals surface area contributed by atoms with Crippen molar-refractivity contribution in [2.24, 2.45) is 0 Å². The predicted octanol–water partition coefficient (Wildman–Crippen LogP) is 4.76. The number of H-pyrrole nitrogens is 1. The van der Waals surface area contributed by atoms with Crippen molar-refractivity contribution >= 4 is 33.4 Å². The molecule has 6 N–H and O–H groups in total. The predicted molar refractivity (Wildman–Crippen MR) is 173 cm³/mol. The maximum atomic E-state index is 11.4. The third-order valence-electron chi connectivity index (χ3n) is 6.99. The zero-order valence-electron chi connectivity index (χ0n) is 25.9.